The van der Waals surface area contributed by atoms with Crippen LogP contribution in [0.2, 0.25) is 0 Å². The molecule has 1 aromatic heterocycles. The molecule has 14 heavy (non-hydrogen) atoms. The molecule has 0 spiro atoms. The highest BCUT2D eigenvalue weighted by molar-refractivity contribution is 4.93. The smallest absolute Gasteiger partial charge is 0.133 e. The molecule has 1 aliphatic heterocycles. The molecule has 0 bridgehead atoms. The maximum atomic E-state index is 4.20. The van der Waals surface area contributed by atoms with Crippen LogP contribution in [-0.4, -0.2) is 27.9 Å². The van der Waals surface area contributed by atoms with Crippen LogP contribution < -0.4 is 5.32 Å². The second kappa shape index (κ2) is 3.35. The van der Waals surface area contributed by atoms with Crippen molar-refractivity contribution in [1.82, 2.24) is 20.1 Å². The number of rotatable bonds is 4. The summed E-state index contributed by atoms with van der Waals surface area (Å²) in [7, 11) is 0. The zero-order chi connectivity index (χ0) is 9.38. The highest BCUT2D eigenvalue weighted by Crippen LogP contribution is 2.30. The molecule has 1 aliphatic carbocycles. The van der Waals surface area contributed by atoms with Crippen molar-refractivity contribution in [3.05, 3.63) is 12.2 Å². The summed E-state index contributed by atoms with van der Waals surface area (Å²) in [6.45, 7) is 3.44. The van der Waals surface area contributed by atoms with Crippen molar-refractivity contribution in [2.45, 2.75) is 25.8 Å². The standard InChI is InChI=1S/C10H16N4/c1-2-8(1)6-14-7-12-13-10(14)3-9-4-11-5-9/h7-9,11H,1-6H2. The van der Waals surface area contributed by atoms with E-state index in [0.29, 0.717) is 0 Å². The van der Waals surface area contributed by atoms with Gasteiger partial charge in [-0.1, -0.05) is 0 Å². The third-order valence-corrected chi connectivity index (χ3v) is 3.18. The normalized spacial score (nSPS) is 22.3. The van der Waals surface area contributed by atoms with Crippen LogP contribution in [0.5, 0.6) is 0 Å². The van der Waals surface area contributed by atoms with Gasteiger partial charge in [-0.2, -0.15) is 0 Å². The van der Waals surface area contributed by atoms with Crippen molar-refractivity contribution in [1.29, 1.82) is 0 Å². The second-order valence-electron chi connectivity index (χ2n) is 4.57. The van der Waals surface area contributed by atoms with Crippen LogP contribution in [0.15, 0.2) is 6.33 Å². The Morgan fingerprint density at radius 3 is 2.86 bits per heavy atom. The molecule has 0 atom stereocenters. The van der Waals surface area contributed by atoms with E-state index < -0.39 is 0 Å². The van der Waals surface area contributed by atoms with Gasteiger partial charge in [0.05, 0.1) is 0 Å². The quantitative estimate of drug-likeness (QED) is 0.753. The van der Waals surface area contributed by atoms with E-state index in [0.717, 1.165) is 37.9 Å². The Labute approximate surface area is 83.7 Å². The Balaban J connectivity index is 1.65. The zero-order valence-electron chi connectivity index (χ0n) is 8.32. The van der Waals surface area contributed by atoms with Gasteiger partial charge in [0.25, 0.3) is 0 Å². The van der Waals surface area contributed by atoms with E-state index in [1.807, 2.05) is 6.33 Å². The lowest BCUT2D eigenvalue weighted by molar-refractivity contribution is 0.336. The Bertz CT molecular complexity index is 312. The first-order valence-electron chi connectivity index (χ1n) is 5.49. The summed E-state index contributed by atoms with van der Waals surface area (Å²) in [4.78, 5) is 0. The van der Waals surface area contributed by atoms with Gasteiger partial charge in [0.2, 0.25) is 0 Å². The van der Waals surface area contributed by atoms with Gasteiger partial charge < -0.3 is 9.88 Å². The molecule has 0 unspecified atom stereocenters. The molecule has 1 saturated carbocycles. The van der Waals surface area contributed by atoms with Gasteiger partial charge >= 0.3 is 0 Å². The fourth-order valence-electron chi connectivity index (χ4n) is 1.92. The van der Waals surface area contributed by atoms with Crippen molar-refractivity contribution in [2.75, 3.05) is 13.1 Å². The van der Waals surface area contributed by atoms with Gasteiger partial charge in [-0.25, -0.2) is 0 Å². The molecular formula is C10H16N4. The molecule has 1 saturated heterocycles. The molecule has 1 aromatic rings. The maximum Gasteiger partial charge on any atom is 0.133 e. The lowest BCUT2D eigenvalue weighted by atomic mass is 9.99. The fourth-order valence-corrected chi connectivity index (χ4v) is 1.92. The van der Waals surface area contributed by atoms with Gasteiger partial charge in [-0.05, 0) is 37.8 Å². The van der Waals surface area contributed by atoms with Crippen molar-refractivity contribution in [3.63, 3.8) is 0 Å². The van der Waals surface area contributed by atoms with E-state index >= 15 is 0 Å². The van der Waals surface area contributed by atoms with E-state index in [4.69, 9.17) is 0 Å². The van der Waals surface area contributed by atoms with E-state index in [9.17, 15) is 0 Å². The number of hydrogen-bond acceptors (Lipinski definition) is 3. The number of nitrogens with one attached hydrogen (secondary N) is 1. The first-order chi connectivity index (χ1) is 6.92. The van der Waals surface area contributed by atoms with Crippen LogP contribution >= 0.6 is 0 Å². The summed E-state index contributed by atoms with van der Waals surface area (Å²) in [5.74, 6) is 2.88. The minimum absolute atomic E-state index is 0.789. The first kappa shape index (κ1) is 8.41. The van der Waals surface area contributed by atoms with Gasteiger partial charge in [0.15, 0.2) is 0 Å². The lowest BCUT2D eigenvalue weighted by Crippen LogP contribution is -2.43. The molecule has 0 aromatic carbocycles. The van der Waals surface area contributed by atoms with Gasteiger partial charge in [-0.3, -0.25) is 0 Å². The minimum atomic E-state index is 0.789. The Morgan fingerprint density at radius 2 is 2.21 bits per heavy atom. The van der Waals surface area contributed by atoms with Gasteiger partial charge in [0.1, 0.15) is 12.2 Å². The monoisotopic (exact) mass is 192 g/mol. The number of aromatic nitrogens is 3. The predicted octanol–water partition coefficient (Wildman–Crippen LogP) is 0.450. The van der Waals surface area contributed by atoms with Crippen LogP contribution in [0.25, 0.3) is 0 Å². The summed E-state index contributed by atoms with van der Waals surface area (Å²) in [5.41, 5.74) is 0. The summed E-state index contributed by atoms with van der Waals surface area (Å²) >= 11 is 0. The highest BCUT2D eigenvalue weighted by Gasteiger charge is 2.24. The van der Waals surface area contributed by atoms with Crippen LogP contribution in [0, 0.1) is 11.8 Å². The molecule has 1 N–H and O–H groups in total. The van der Waals surface area contributed by atoms with E-state index in [-0.39, 0.29) is 0 Å². The molecule has 3 rings (SSSR count). The topological polar surface area (TPSA) is 42.7 Å². The minimum Gasteiger partial charge on any atom is -0.317 e. The second-order valence-corrected chi connectivity index (χ2v) is 4.57. The molecule has 76 valence electrons. The maximum absolute atomic E-state index is 4.20. The number of nitrogens with zero attached hydrogens (tertiary/aromatic N) is 3. The van der Waals surface area contributed by atoms with Gasteiger partial charge in [0, 0.05) is 13.0 Å². The molecule has 2 heterocycles. The summed E-state index contributed by atoms with van der Waals surface area (Å²) < 4.78 is 2.25. The van der Waals surface area contributed by atoms with Crippen LogP contribution in [-0.2, 0) is 13.0 Å². The van der Waals surface area contributed by atoms with Crippen molar-refractivity contribution >= 4 is 0 Å². The molecule has 4 heteroatoms. The average molecular weight is 192 g/mol. The summed E-state index contributed by atoms with van der Waals surface area (Å²) in [6.07, 6.45) is 5.77. The van der Waals surface area contributed by atoms with Crippen LogP contribution in [0.4, 0.5) is 0 Å². The molecule has 4 nitrogen and oxygen atoms in total. The summed E-state index contributed by atoms with van der Waals surface area (Å²) in [6, 6.07) is 0. The number of hydrogen-bond donors (Lipinski definition) is 1. The molecule has 0 radical (unpaired) electrons. The third-order valence-electron chi connectivity index (χ3n) is 3.18. The van der Waals surface area contributed by atoms with Crippen molar-refractivity contribution in [3.8, 4) is 0 Å². The summed E-state index contributed by atoms with van der Waals surface area (Å²) in [5, 5.41) is 11.5. The third kappa shape index (κ3) is 1.66. The van der Waals surface area contributed by atoms with E-state index in [2.05, 4.69) is 20.1 Å². The molecular weight excluding hydrogens is 176 g/mol. The molecule has 2 fully saturated rings. The Hall–Kier alpha value is -0.900. The molecule has 2 aliphatic rings. The van der Waals surface area contributed by atoms with Crippen molar-refractivity contribution < 1.29 is 0 Å². The fraction of sp³-hybridized carbons (Fsp3) is 0.800. The average Bonchev–Trinajstić information content (AvgIpc) is 2.79. The van der Waals surface area contributed by atoms with Crippen molar-refractivity contribution in [2.24, 2.45) is 11.8 Å². The first-order valence-corrected chi connectivity index (χ1v) is 5.49. The SMILES string of the molecule is c1nnc(CC2CNC2)n1CC1CC1. The van der Waals surface area contributed by atoms with Crippen LogP contribution in [0.1, 0.15) is 18.7 Å². The predicted molar refractivity (Wildman–Crippen MR) is 52.8 cm³/mol. The lowest BCUT2D eigenvalue weighted by Gasteiger charge is -2.26. The largest absolute Gasteiger partial charge is 0.317 e. The Kier molecular flexibility index (Phi) is 2.01. The Morgan fingerprint density at radius 1 is 1.36 bits per heavy atom. The molecule has 0 amide bonds. The van der Waals surface area contributed by atoms with Gasteiger partial charge in [-0.15, -0.1) is 10.2 Å². The zero-order valence-corrected chi connectivity index (χ0v) is 8.32. The van der Waals surface area contributed by atoms with E-state index in [1.165, 1.54) is 18.7 Å². The highest BCUT2D eigenvalue weighted by atomic mass is 15.3. The van der Waals surface area contributed by atoms with E-state index in [1.54, 1.807) is 0 Å². The van der Waals surface area contributed by atoms with Crippen LogP contribution in [0.3, 0.4) is 0 Å².